The number of amides is 1. The van der Waals surface area contributed by atoms with E-state index in [4.69, 9.17) is 8.83 Å². The summed E-state index contributed by atoms with van der Waals surface area (Å²) in [7, 11) is 0. The number of carbonyl (C=O) groups is 1. The van der Waals surface area contributed by atoms with Crippen LogP contribution in [0, 0.1) is 6.92 Å². The molecule has 2 N–H and O–H groups in total. The van der Waals surface area contributed by atoms with E-state index in [1.165, 1.54) is 6.26 Å². The molecule has 0 unspecified atom stereocenters. The van der Waals surface area contributed by atoms with E-state index in [-0.39, 0.29) is 23.9 Å². The van der Waals surface area contributed by atoms with Crippen LogP contribution in [-0.2, 0) is 6.54 Å². The molecule has 0 bridgehead atoms. The highest BCUT2D eigenvalue weighted by atomic mass is 16.4. The first-order valence-electron chi connectivity index (χ1n) is 9.11. The highest BCUT2D eigenvalue weighted by molar-refractivity contribution is 6.08. The van der Waals surface area contributed by atoms with Crippen LogP contribution in [0.2, 0.25) is 0 Å². The van der Waals surface area contributed by atoms with Gasteiger partial charge in [-0.05, 0) is 26.7 Å². The molecule has 0 saturated heterocycles. The normalized spacial score (nSPS) is 15.3. The maximum atomic E-state index is 12.7. The Morgan fingerprint density at radius 2 is 2.11 bits per heavy atom. The second-order valence-electron chi connectivity index (χ2n) is 7.63. The quantitative estimate of drug-likeness (QED) is 0.684. The van der Waals surface area contributed by atoms with Crippen molar-refractivity contribution in [1.82, 2.24) is 20.3 Å². The van der Waals surface area contributed by atoms with Gasteiger partial charge in [0, 0.05) is 11.5 Å². The number of aryl methyl sites for hydroxylation is 1. The number of aromatic nitrogens is 3. The Kier molecular flexibility index (Phi) is 4.13. The summed E-state index contributed by atoms with van der Waals surface area (Å²) in [5.41, 5.74) is 0.814. The lowest BCUT2D eigenvalue weighted by Crippen LogP contribution is -2.23. The molecule has 3 aromatic heterocycles. The van der Waals surface area contributed by atoms with Gasteiger partial charge >= 0.3 is 0 Å². The van der Waals surface area contributed by atoms with Crippen molar-refractivity contribution < 1.29 is 13.6 Å². The van der Waals surface area contributed by atoms with Crippen molar-refractivity contribution in [3.05, 3.63) is 35.5 Å². The topological polar surface area (TPSA) is 106 Å². The second-order valence-corrected chi connectivity index (χ2v) is 7.63. The van der Waals surface area contributed by atoms with E-state index in [0.717, 1.165) is 18.6 Å². The maximum absolute atomic E-state index is 12.7. The molecular weight excluding hydrogens is 346 g/mol. The lowest BCUT2D eigenvalue weighted by atomic mass is 10.2. The molecule has 1 fully saturated rings. The summed E-state index contributed by atoms with van der Waals surface area (Å²) >= 11 is 0. The number of hydrogen-bond acceptors (Lipinski definition) is 7. The van der Waals surface area contributed by atoms with E-state index in [0.29, 0.717) is 34.2 Å². The van der Waals surface area contributed by atoms with Gasteiger partial charge in [0.25, 0.3) is 5.91 Å². The predicted octanol–water partition coefficient (Wildman–Crippen LogP) is 3.54. The van der Waals surface area contributed by atoms with Crippen molar-refractivity contribution in [3.8, 4) is 0 Å². The van der Waals surface area contributed by atoms with Gasteiger partial charge in [-0.2, -0.15) is 4.98 Å². The highest BCUT2D eigenvalue weighted by Gasteiger charge is 2.38. The molecule has 0 aliphatic heterocycles. The lowest BCUT2D eigenvalue weighted by molar-refractivity contribution is 0.0948. The van der Waals surface area contributed by atoms with Crippen LogP contribution in [-0.4, -0.2) is 26.4 Å². The Balaban J connectivity index is 1.57. The minimum atomic E-state index is -0.283. The molecule has 142 valence electrons. The molecule has 0 spiro atoms. The van der Waals surface area contributed by atoms with E-state index in [1.54, 1.807) is 13.1 Å². The number of nitrogens with zero attached hydrogens (tertiary/aromatic N) is 3. The van der Waals surface area contributed by atoms with Gasteiger partial charge in [0.2, 0.25) is 11.6 Å². The fourth-order valence-electron chi connectivity index (χ4n) is 2.83. The molecule has 1 amide bonds. The minimum absolute atomic E-state index is 0.0179. The Morgan fingerprint density at radius 3 is 2.78 bits per heavy atom. The third kappa shape index (κ3) is 3.51. The van der Waals surface area contributed by atoms with E-state index >= 15 is 0 Å². The summed E-state index contributed by atoms with van der Waals surface area (Å²) in [6.45, 7) is 8.18. The van der Waals surface area contributed by atoms with E-state index < -0.39 is 0 Å². The predicted molar refractivity (Wildman–Crippen MR) is 99.6 cm³/mol. The molecule has 8 heteroatoms. The highest BCUT2D eigenvalue weighted by Crippen LogP contribution is 2.39. The average Bonchev–Trinajstić information content (AvgIpc) is 3.03. The zero-order valence-electron chi connectivity index (χ0n) is 15.9. The molecule has 8 nitrogen and oxygen atoms in total. The van der Waals surface area contributed by atoms with Crippen LogP contribution in [0.1, 0.15) is 67.4 Å². The van der Waals surface area contributed by atoms with Crippen LogP contribution in [0.4, 0.5) is 5.82 Å². The van der Waals surface area contributed by atoms with Crippen LogP contribution in [0.25, 0.3) is 11.1 Å². The second kappa shape index (κ2) is 6.37. The number of anilines is 1. The van der Waals surface area contributed by atoms with Crippen molar-refractivity contribution in [2.45, 2.75) is 58.5 Å². The van der Waals surface area contributed by atoms with Gasteiger partial charge in [0.15, 0.2) is 0 Å². The molecule has 4 rings (SSSR count). The first-order valence-corrected chi connectivity index (χ1v) is 9.11. The van der Waals surface area contributed by atoms with E-state index in [1.807, 2.05) is 13.8 Å². The van der Waals surface area contributed by atoms with Crippen molar-refractivity contribution in [2.75, 3.05) is 5.32 Å². The van der Waals surface area contributed by atoms with Crippen LogP contribution in [0.3, 0.4) is 0 Å². The van der Waals surface area contributed by atoms with Crippen molar-refractivity contribution in [2.24, 2.45) is 0 Å². The molecule has 0 aromatic carbocycles. The molecule has 1 saturated carbocycles. The number of carbonyl (C=O) groups excluding carboxylic acids is 1. The molecule has 1 aliphatic carbocycles. The van der Waals surface area contributed by atoms with Crippen LogP contribution >= 0.6 is 0 Å². The molecule has 3 aromatic rings. The Bertz CT molecular complexity index is 1000. The van der Waals surface area contributed by atoms with Crippen molar-refractivity contribution >= 4 is 22.8 Å². The van der Waals surface area contributed by atoms with Gasteiger partial charge < -0.3 is 19.5 Å². The summed E-state index contributed by atoms with van der Waals surface area (Å²) < 4.78 is 11.2. The third-order valence-electron chi connectivity index (χ3n) is 4.75. The van der Waals surface area contributed by atoms with Crippen LogP contribution in [0.15, 0.2) is 21.3 Å². The summed E-state index contributed by atoms with van der Waals surface area (Å²) in [6.07, 6.45) is 5.25. The Labute approximate surface area is 156 Å². The summed E-state index contributed by atoms with van der Waals surface area (Å²) in [5.74, 6) is 2.45. The molecule has 0 atom stereocenters. The zero-order chi connectivity index (χ0) is 19.2. The molecule has 1 aliphatic rings. The Morgan fingerprint density at radius 1 is 1.33 bits per heavy atom. The lowest BCUT2D eigenvalue weighted by Gasteiger charge is -2.13. The van der Waals surface area contributed by atoms with Gasteiger partial charge in [-0.3, -0.25) is 4.79 Å². The first-order chi connectivity index (χ1) is 12.8. The molecule has 0 radical (unpaired) electrons. The van der Waals surface area contributed by atoms with Gasteiger partial charge in [-0.15, -0.1) is 0 Å². The largest absolute Gasteiger partial charge is 0.445 e. The third-order valence-corrected chi connectivity index (χ3v) is 4.75. The molecule has 3 heterocycles. The fraction of sp³-hybridized carbons (Fsp3) is 0.474. The van der Waals surface area contributed by atoms with Gasteiger partial charge in [0.05, 0.1) is 23.7 Å². The average molecular weight is 369 g/mol. The number of oxazole rings is 1. The SMILES string of the molecule is Cc1nc(NC2(C)CC2)c2c(C(=O)NCc3ncc(C(C)C)o3)coc2n1. The van der Waals surface area contributed by atoms with Gasteiger partial charge in [-0.25, -0.2) is 9.97 Å². The van der Waals surface area contributed by atoms with Gasteiger partial charge in [0.1, 0.15) is 23.7 Å². The first kappa shape index (κ1) is 17.5. The van der Waals surface area contributed by atoms with Crippen molar-refractivity contribution in [3.63, 3.8) is 0 Å². The minimum Gasteiger partial charge on any atom is -0.445 e. The summed E-state index contributed by atoms with van der Waals surface area (Å²) in [6, 6.07) is 0. The van der Waals surface area contributed by atoms with Crippen LogP contribution < -0.4 is 10.6 Å². The maximum Gasteiger partial charge on any atom is 0.255 e. The summed E-state index contributed by atoms with van der Waals surface area (Å²) in [5, 5.41) is 6.85. The van der Waals surface area contributed by atoms with E-state index in [2.05, 4.69) is 32.5 Å². The number of nitrogens with one attached hydrogen (secondary N) is 2. The molecule has 27 heavy (non-hydrogen) atoms. The smallest absolute Gasteiger partial charge is 0.255 e. The number of furan rings is 1. The summed E-state index contributed by atoms with van der Waals surface area (Å²) in [4.78, 5) is 25.7. The molecular formula is C19H23N5O3. The Hall–Kier alpha value is -2.90. The standard InChI is InChI=1S/C19H23N5O3/c1-10(2)13-7-20-14(27-13)8-21-17(25)12-9-26-18-15(12)16(22-11(3)23-18)24-19(4)5-6-19/h7,9-10H,5-6,8H2,1-4H3,(H,21,25)(H,22,23,24). The van der Waals surface area contributed by atoms with E-state index in [9.17, 15) is 4.79 Å². The number of hydrogen-bond donors (Lipinski definition) is 2. The number of fused-ring (bicyclic) bond motifs is 1. The number of rotatable bonds is 6. The monoisotopic (exact) mass is 369 g/mol. The fourth-order valence-corrected chi connectivity index (χ4v) is 2.83. The van der Waals surface area contributed by atoms with Crippen LogP contribution in [0.5, 0.6) is 0 Å². The zero-order valence-corrected chi connectivity index (χ0v) is 15.9. The van der Waals surface area contributed by atoms with Crippen molar-refractivity contribution in [1.29, 1.82) is 0 Å². The van der Waals surface area contributed by atoms with Gasteiger partial charge in [-0.1, -0.05) is 13.8 Å².